The van der Waals surface area contributed by atoms with Crippen molar-refractivity contribution in [2.45, 2.75) is 58.2 Å². The average molecular weight is 252 g/mol. The molecular formula is C15H28OSi. The summed E-state index contributed by atoms with van der Waals surface area (Å²) in [7, 11) is -1.48. The summed E-state index contributed by atoms with van der Waals surface area (Å²) >= 11 is 0. The molecule has 0 spiro atoms. The zero-order valence-electron chi connectivity index (χ0n) is 11.8. The topological polar surface area (TPSA) is 9.23 Å². The van der Waals surface area contributed by atoms with E-state index in [2.05, 4.69) is 32.8 Å². The molecular weight excluding hydrogens is 224 g/mol. The summed E-state index contributed by atoms with van der Waals surface area (Å²) in [6.07, 6.45) is 9.73. The highest BCUT2D eigenvalue weighted by atomic mass is 28.4. The SMILES string of the molecule is C=CCCC1CCCCC1C(=C)O[Si](C)(C)C. The lowest BCUT2D eigenvalue weighted by atomic mass is 9.76. The molecule has 0 aliphatic heterocycles. The van der Waals surface area contributed by atoms with Crippen LogP contribution >= 0.6 is 0 Å². The second kappa shape index (κ2) is 6.44. The van der Waals surface area contributed by atoms with E-state index in [-0.39, 0.29) is 0 Å². The van der Waals surface area contributed by atoms with E-state index in [1.54, 1.807) is 0 Å². The van der Waals surface area contributed by atoms with Crippen LogP contribution in [0.25, 0.3) is 0 Å². The molecule has 2 atom stereocenters. The molecule has 1 fully saturated rings. The molecule has 1 saturated carbocycles. The predicted molar refractivity (Wildman–Crippen MR) is 78.5 cm³/mol. The van der Waals surface area contributed by atoms with Gasteiger partial charge in [-0.15, -0.1) is 6.58 Å². The molecule has 98 valence electrons. The van der Waals surface area contributed by atoms with Crippen molar-refractivity contribution in [2.24, 2.45) is 11.8 Å². The molecule has 0 bridgehead atoms. The molecule has 0 radical (unpaired) electrons. The van der Waals surface area contributed by atoms with Crippen molar-refractivity contribution in [3.8, 4) is 0 Å². The molecule has 2 unspecified atom stereocenters. The van der Waals surface area contributed by atoms with Gasteiger partial charge in [0.05, 0.1) is 5.76 Å². The van der Waals surface area contributed by atoms with Crippen LogP contribution in [0.1, 0.15) is 38.5 Å². The van der Waals surface area contributed by atoms with Gasteiger partial charge in [0.15, 0.2) is 0 Å². The third-order valence-corrected chi connectivity index (χ3v) is 4.38. The molecule has 2 heteroatoms. The van der Waals surface area contributed by atoms with E-state index in [0.29, 0.717) is 5.92 Å². The van der Waals surface area contributed by atoms with Crippen molar-refractivity contribution in [1.82, 2.24) is 0 Å². The Bertz CT molecular complexity index is 265. The van der Waals surface area contributed by atoms with Crippen LogP contribution in [-0.2, 0) is 4.43 Å². The standard InChI is InChI=1S/C15H28OSi/c1-6-7-10-14-11-8-9-12-15(14)13(2)16-17(3,4)5/h6,14-15H,1-2,7-12H2,3-5H3. The summed E-state index contributed by atoms with van der Waals surface area (Å²) < 4.78 is 6.11. The van der Waals surface area contributed by atoms with Crippen LogP contribution in [0.3, 0.4) is 0 Å². The number of allylic oxidation sites excluding steroid dienone is 2. The van der Waals surface area contributed by atoms with Crippen LogP contribution in [0.5, 0.6) is 0 Å². The van der Waals surface area contributed by atoms with Gasteiger partial charge in [-0.05, 0) is 51.2 Å². The number of hydrogen-bond acceptors (Lipinski definition) is 1. The van der Waals surface area contributed by atoms with Crippen molar-refractivity contribution in [3.05, 3.63) is 25.0 Å². The Labute approximate surface area is 108 Å². The molecule has 1 aliphatic carbocycles. The smallest absolute Gasteiger partial charge is 0.241 e. The van der Waals surface area contributed by atoms with Gasteiger partial charge in [-0.1, -0.05) is 25.5 Å². The third kappa shape index (κ3) is 5.11. The first-order chi connectivity index (χ1) is 7.94. The lowest BCUT2D eigenvalue weighted by Gasteiger charge is -2.35. The maximum Gasteiger partial charge on any atom is 0.241 e. The van der Waals surface area contributed by atoms with Crippen LogP contribution in [0.4, 0.5) is 0 Å². The first-order valence-electron chi connectivity index (χ1n) is 6.93. The lowest BCUT2D eigenvalue weighted by molar-refractivity contribution is 0.200. The minimum absolute atomic E-state index is 0.593. The van der Waals surface area contributed by atoms with Gasteiger partial charge in [0.25, 0.3) is 0 Å². The summed E-state index contributed by atoms with van der Waals surface area (Å²) in [6, 6.07) is 0. The van der Waals surface area contributed by atoms with E-state index < -0.39 is 8.32 Å². The first kappa shape index (κ1) is 14.6. The molecule has 0 aromatic rings. The van der Waals surface area contributed by atoms with E-state index in [1.165, 1.54) is 32.1 Å². The lowest BCUT2D eigenvalue weighted by Crippen LogP contribution is -2.30. The molecule has 0 saturated heterocycles. The van der Waals surface area contributed by atoms with Crippen LogP contribution in [0.2, 0.25) is 19.6 Å². The quantitative estimate of drug-likeness (QED) is 0.362. The van der Waals surface area contributed by atoms with E-state index >= 15 is 0 Å². The Morgan fingerprint density at radius 1 is 1.29 bits per heavy atom. The Morgan fingerprint density at radius 3 is 2.53 bits per heavy atom. The largest absolute Gasteiger partial charge is 0.548 e. The highest BCUT2D eigenvalue weighted by molar-refractivity contribution is 6.70. The maximum absolute atomic E-state index is 6.11. The molecule has 1 aliphatic rings. The third-order valence-electron chi connectivity index (χ3n) is 3.50. The zero-order chi connectivity index (χ0) is 12.9. The molecule has 1 rings (SSSR count). The predicted octanol–water partition coefficient (Wildman–Crippen LogP) is 5.12. The Morgan fingerprint density at radius 2 is 1.94 bits per heavy atom. The van der Waals surface area contributed by atoms with Crippen LogP contribution < -0.4 is 0 Å². The highest BCUT2D eigenvalue weighted by Crippen LogP contribution is 2.38. The molecule has 0 aromatic heterocycles. The van der Waals surface area contributed by atoms with Gasteiger partial charge >= 0.3 is 0 Å². The second-order valence-electron chi connectivity index (χ2n) is 6.20. The number of rotatable bonds is 6. The monoisotopic (exact) mass is 252 g/mol. The van der Waals surface area contributed by atoms with Crippen molar-refractivity contribution in [3.63, 3.8) is 0 Å². The molecule has 17 heavy (non-hydrogen) atoms. The minimum Gasteiger partial charge on any atom is -0.548 e. The van der Waals surface area contributed by atoms with Crippen molar-refractivity contribution < 1.29 is 4.43 Å². The van der Waals surface area contributed by atoms with Crippen LogP contribution in [-0.4, -0.2) is 8.32 Å². The zero-order valence-corrected chi connectivity index (χ0v) is 12.8. The fourth-order valence-electron chi connectivity index (χ4n) is 2.78. The molecule has 0 aromatic carbocycles. The van der Waals surface area contributed by atoms with Gasteiger partial charge in [-0.3, -0.25) is 0 Å². The summed E-state index contributed by atoms with van der Waals surface area (Å²) in [5.41, 5.74) is 0. The average Bonchev–Trinajstić information content (AvgIpc) is 2.24. The number of hydrogen-bond donors (Lipinski definition) is 0. The van der Waals surface area contributed by atoms with Gasteiger partial charge in [-0.25, -0.2) is 0 Å². The fourth-order valence-corrected chi connectivity index (χ4v) is 3.72. The Hall–Kier alpha value is -0.503. The van der Waals surface area contributed by atoms with Gasteiger partial charge < -0.3 is 4.43 Å². The molecule has 0 heterocycles. The molecule has 0 amide bonds. The van der Waals surface area contributed by atoms with E-state index in [9.17, 15) is 0 Å². The Balaban J connectivity index is 2.57. The highest BCUT2D eigenvalue weighted by Gasteiger charge is 2.30. The summed E-state index contributed by atoms with van der Waals surface area (Å²) in [5, 5.41) is 0. The van der Waals surface area contributed by atoms with Gasteiger partial charge in [0, 0.05) is 5.92 Å². The van der Waals surface area contributed by atoms with Gasteiger partial charge in [0.1, 0.15) is 0 Å². The van der Waals surface area contributed by atoms with Crippen molar-refractivity contribution >= 4 is 8.32 Å². The first-order valence-corrected chi connectivity index (χ1v) is 10.3. The summed E-state index contributed by atoms with van der Waals surface area (Å²) in [4.78, 5) is 0. The van der Waals surface area contributed by atoms with Gasteiger partial charge in [0.2, 0.25) is 8.32 Å². The van der Waals surface area contributed by atoms with E-state index in [4.69, 9.17) is 4.43 Å². The normalized spacial score (nSPS) is 25.4. The van der Waals surface area contributed by atoms with E-state index in [0.717, 1.165) is 18.1 Å². The molecule has 1 nitrogen and oxygen atoms in total. The maximum atomic E-state index is 6.11. The fraction of sp³-hybridized carbons (Fsp3) is 0.733. The van der Waals surface area contributed by atoms with Crippen molar-refractivity contribution in [2.75, 3.05) is 0 Å². The van der Waals surface area contributed by atoms with Crippen molar-refractivity contribution in [1.29, 1.82) is 0 Å². The van der Waals surface area contributed by atoms with E-state index in [1.807, 2.05) is 6.08 Å². The summed E-state index contributed by atoms with van der Waals surface area (Å²) in [5.74, 6) is 2.43. The van der Waals surface area contributed by atoms with Crippen LogP contribution in [0.15, 0.2) is 25.0 Å². The van der Waals surface area contributed by atoms with Crippen LogP contribution in [0, 0.1) is 11.8 Å². The Kier molecular flexibility index (Phi) is 5.51. The molecule has 0 N–H and O–H groups in total. The summed E-state index contributed by atoms with van der Waals surface area (Å²) in [6.45, 7) is 14.7. The van der Waals surface area contributed by atoms with Gasteiger partial charge in [-0.2, -0.15) is 0 Å². The minimum atomic E-state index is -1.48. The second-order valence-corrected chi connectivity index (χ2v) is 10.6.